The number of carbonyl (C=O) groups is 6. The number of ether oxygens (including phenoxy) is 4. The van der Waals surface area contributed by atoms with E-state index in [1.54, 1.807) is 48.5 Å². The van der Waals surface area contributed by atoms with Gasteiger partial charge in [0.15, 0.2) is 12.2 Å². The molecule has 0 bridgehead atoms. The number of rotatable bonds is 31. The van der Waals surface area contributed by atoms with Crippen LogP contribution in [0.2, 0.25) is 0 Å². The first-order valence-corrected chi connectivity index (χ1v) is 27.0. The van der Waals surface area contributed by atoms with Crippen LogP contribution in [-0.2, 0) is 73.8 Å². The minimum Gasteiger partial charge on any atom is -0.465 e. The van der Waals surface area contributed by atoms with Crippen LogP contribution >= 0.6 is 0 Å². The van der Waals surface area contributed by atoms with Crippen LogP contribution in [0.5, 0.6) is 0 Å². The highest BCUT2D eigenvalue weighted by molar-refractivity contribution is 5.88. The number of nitrogens with one attached hydrogen (secondary N) is 2. The molecule has 76 heavy (non-hydrogen) atoms. The summed E-state index contributed by atoms with van der Waals surface area (Å²) in [5, 5.41) is 30.5. The molecule has 0 fully saturated rings. The molecule has 2 amide bonds. The summed E-state index contributed by atoms with van der Waals surface area (Å²) in [6, 6.07) is 29.5. The highest BCUT2D eigenvalue weighted by atomic mass is 16.5. The van der Waals surface area contributed by atoms with Gasteiger partial charge in [0.2, 0.25) is 0 Å². The minimum atomic E-state index is -2.07. The summed E-state index contributed by atoms with van der Waals surface area (Å²) in [4.78, 5) is 82.5. The summed E-state index contributed by atoms with van der Waals surface area (Å²) in [5.74, 6) is -4.31. The van der Waals surface area contributed by atoms with E-state index < -0.39 is 84.2 Å². The first kappa shape index (κ1) is 59.1. The average molecular weight is 1050 g/mol. The van der Waals surface area contributed by atoms with E-state index in [2.05, 4.69) is 10.6 Å². The van der Waals surface area contributed by atoms with E-state index in [4.69, 9.17) is 30.4 Å². The predicted octanol–water partition coefficient (Wildman–Crippen LogP) is 6.25. The molecule has 4 aromatic rings. The van der Waals surface area contributed by atoms with Crippen molar-refractivity contribution in [3.05, 3.63) is 143 Å². The number of aliphatic hydroxyl groups excluding tert-OH is 2. The van der Waals surface area contributed by atoms with Crippen molar-refractivity contribution in [1.29, 1.82) is 0 Å². The second-order valence-corrected chi connectivity index (χ2v) is 20.4. The Morgan fingerprint density at radius 3 is 1.26 bits per heavy atom. The lowest BCUT2D eigenvalue weighted by molar-refractivity contribution is -0.171. The minimum absolute atomic E-state index is 0.0340. The van der Waals surface area contributed by atoms with Crippen LogP contribution in [0, 0.1) is 23.7 Å². The van der Waals surface area contributed by atoms with E-state index in [-0.39, 0.29) is 62.7 Å². The number of ketones is 2. The van der Waals surface area contributed by atoms with Gasteiger partial charge in [-0.3, -0.25) is 28.8 Å². The number of amides is 2. The van der Waals surface area contributed by atoms with Gasteiger partial charge in [-0.15, -0.1) is 0 Å². The van der Waals surface area contributed by atoms with E-state index in [0.29, 0.717) is 60.8 Å². The lowest BCUT2D eigenvalue weighted by atomic mass is 9.91. The summed E-state index contributed by atoms with van der Waals surface area (Å²) >= 11 is 0. The second kappa shape index (κ2) is 29.4. The molecule has 4 aromatic carbocycles. The molecule has 8 N–H and O–H groups in total. The fraction of sp³-hybridized carbons (Fsp3) is 0.500. The van der Waals surface area contributed by atoms with Gasteiger partial charge in [0, 0.05) is 24.7 Å². The molecule has 2 aliphatic rings. The molecule has 0 aliphatic heterocycles. The van der Waals surface area contributed by atoms with E-state index in [1.807, 2.05) is 88.4 Å². The van der Waals surface area contributed by atoms with Crippen LogP contribution in [0.15, 0.2) is 109 Å². The summed E-state index contributed by atoms with van der Waals surface area (Å²) in [5.41, 5.74) is 16.5. The van der Waals surface area contributed by atoms with E-state index in [0.717, 1.165) is 24.0 Å². The van der Waals surface area contributed by atoms with Crippen molar-refractivity contribution < 1.29 is 57.9 Å². The molecule has 0 radical (unpaired) electrons. The smallest absolute Gasteiger partial charge is 0.323 e. The van der Waals surface area contributed by atoms with Gasteiger partial charge in [0.1, 0.15) is 35.9 Å². The fourth-order valence-corrected chi connectivity index (χ4v) is 9.84. The molecule has 12 atom stereocenters. The first-order valence-electron chi connectivity index (χ1n) is 27.0. The van der Waals surface area contributed by atoms with Gasteiger partial charge in [-0.25, -0.2) is 0 Å². The summed E-state index contributed by atoms with van der Waals surface area (Å²) in [6.45, 7) is 7.55. The van der Waals surface area contributed by atoms with Gasteiger partial charge in [-0.05, 0) is 83.7 Å². The fourth-order valence-electron chi connectivity index (χ4n) is 9.84. The van der Waals surface area contributed by atoms with Gasteiger partial charge in [-0.1, -0.05) is 150 Å². The number of nitrogens with two attached hydrogens (primary N) is 2. The average Bonchev–Trinajstić information content (AvgIpc) is 4.01. The van der Waals surface area contributed by atoms with Crippen molar-refractivity contribution >= 4 is 35.3 Å². The molecular formula is C60H78N4O12. The summed E-state index contributed by atoms with van der Waals surface area (Å²) < 4.78 is 23.2. The maximum Gasteiger partial charge on any atom is 0.323 e. The van der Waals surface area contributed by atoms with Gasteiger partial charge in [0.25, 0.3) is 11.8 Å². The van der Waals surface area contributed by atoms with Gasteiger partial charge < -0.3 is 51.3 Å². The van der Waals surface area contributed by atoms with Crippen LogP contribution < -0.4 is 22.1 Å². The Kier molecular flexibility index (Phi) is 22.9. The van der Waals surface area contributed by atoms with Crippen molar-refractivity contribution in [2.45, 2.75) is 154 Å². The molecule has 6 rings (SSSR count). The van der Waals surface area contributed by atoms with E-state index in [9.17, 15) is 39.0 Å². The Hall–Kier alpha value is -6.14. The van der Waals surface area contributed by atoms with Crippen molar-refractivity contribution in [3.8, 4) is 0 Å². The number of aliphatic hydroxyl groups is 2. The summed E-state index contributed by atoms with van der Waals surface area (Å²) in [7, 11) is 0. The van der Waals surface area contributed by atoms with Crippen molar-refractivity contribution in [2.75, 3.05) is 13.2 Å². The Labute approximate surface area is 447 Å². The molecular weight excluding hydrogens is 969 g/mol. The Bertz CT molecular complexity index is 2360. The van der Waals surface area contributed by atoms with E-state index in [1.165, 1.54) is 0 Å². The quantitative estimate of drug-likeness (QED) is 0.0241. The van der Waals surface area contributed by atoms with Crippen molar-refractivity contribution in [2.24, 2.45) is 35.1 Å². The largest absolute Gasteiger partial charge is 0.465 e. The highest BCUT2D eigenvalue weighted by Crippen LogP contribution is 2.39. The summed E-state index contributed by atoms with van der Waals surface area (Å²) in [6.07, 6.45) is -3.58. The molecule has 16 nitrogen and oxygen atoms in total. The molecule has 0 heterocycles. The molecule has 0 saturated heterocycles. The van der Waals surface area contributed by atoms with Gasteiger partial charge in [0.05, 0.1) is 38.5 Å². The Morgan fingerprint density at radius 2 is 0.895 bits per heavy atom. The molecule has 0 spiro atoms. The van der Waals surface area contributed by atoms with Crippen LogP contribution in [0.25, 0.3) is 0 Å². The van der Waals surface area contributed by atoms with Crippen LogP contribution in [0.1, 0.15) is 125 Å². The van der Waals surface area contributed by atoms with Crippen LogP contribution in [-0.4, -0.2) is 95.2 Å². The zero-order valence-corrected chi connectivity index (χ0v) is 44.4. The number of esters is 2. The maximum absolute atomic E-state index is 14.8. The molecule has 0 unspecified atom stereocenters. The number of hydrogen-bond donors (Lipinski definition) is 6. The number of unbranched alkanes of at least 4 members (excludes halogenated alkanes) is 2. The van der Waals surface area contributed by atoms with Crippen molar-refractivity contribution in [3.63, 3.8) is 0 Å². The number of carbonyl (C=O) groups excluding carboxylic acids is 6. The topological polar surface area (TPSA) is 256 Å². The number of hydrogen-bond acceptors (Lipinski definition) is 14. The number of Topliss-reactive ketones (excluding diaryl/α,β-unsaturated/α-hetero) is 2. The molecule has 16 heteroatoms. The van der Waals surface area contributed by atoms with Crippen molar-refractivity contribution in [1.82, 2.24) is 10.6 Å². The lowest BCUT2D eigenvalue weighted by Crippen LogP contribution is -2.57. The zero-order chi connectivity index (χ0) is 54.7. The second-order valence-electron chi connectivity index (χ2n) is 20.4. The lowest BCUT2D eigenvalue weighted by Gasteiger charge is -2.33. The maximum atomic E-state index is 14.8. The molecule has 0 saturated carbocycles. The third-order valence-electron chi connectivity index (χ3n) is 15.1. The predicted molar refractivity (Wildman–Crippen MR) is 286 cm³/mol. The number of benzene rings is 4. The van der Waals surface area contributed by atoms with E-state index >= 15 is 0 Å². The Morgan fingerprint density at radius 1 is 0.539 bits per heavy atom. The third-order valence-corrected chi connectivity index (χ3v) is 15.1. The monoisotopic (exact) mass is 1050 g/mol. The van der Waals surface area contributed by atoms with Crippen LogP contribution in [0.4, 0.5) is 0 Å². The van der Waals surface area contributed by atoms with Crippen LogP contribution in [0.3, 0.4) is 0 Å². The highest BCUT2D eigenvalue weighted by Gasteiger charge is 2.46. The molecule has 2 aliphatic carbocycles. The molecule has 0 aromatic heterocycles. The third kappa shape index (κ3) is 16.0. The zero-order valence-electron chi connectivity index (χ0n) is 44.4. The van der Waals surface area contributed by atoms with Gasteiger partial charge >= 0.3 is 11.9 Å². The Balaban J connectivity index is 1.20. The normalized spacial score (nSPS) is 19.8. The molecule has 410 valence electrons. The number of fused-ring (bicyclic) bond motifs is 2. The SMILES string of the molecule is CC[C@H](C)[C@H](N)C(=O)OCCCCC(=O)[C@@H]1Cc2ccccc2[C@H]1NC(=O)[C@H](OCc1ccccc1)[C@H](O)[C@@H](O)[C@@H](OCc1ccccc1)C(=O)N[C@@H]1c2ccccc2C[C@H]1C(=O)CCCCOC(=O)[C@@H](N)[C@@H](C)CC. The first-order chi connectivity index (χ1) is 36.6. The standard InChI is InChI=1S/C60H78N4O12/c1-5-37(3)49(61)59(71)73-31-19-17-29-47(65)45-33-41-25-13-15-27-43(41)51(45)63-57(69)55(75-35-39-21-9-7-10-22-39)53(67)54(68)56(76-36-40-23-11-8-12-24-40)58(70)64-52-44-28-16-14-26-42(44)34-46(52)48(66)30-18-20-32-74-60(72)50(62)38(4)6-2/h7-16,21-28,37-38,45-46,49-56,67-68H,5-6,17-20,29-36,61-62H2,1-4H3,(H,63,69)(H,64,70)/t37-,38-,45-,46-,49-,50-,51+,52+,53+,54+,55+,56+/m0/s1. The van der Waals surface area contributed by atoms with Gasteiger partial charge in [-0.2, -0.15) is 0 Å².